The van der Waals surface area contributed by atoms with Crippen molar-refractivity contribution >= 4 is 0 Å². The third-order valence-corrected chi connectivity index (χ3v) is 2.67. The Balaban J connectivity index is 1.96. The van der Waals surface area contributed by atoms with Crippen molar-refractivity contribution in [2.45, 2.75) is 18.9 Å². The van der Waals surface area contributed by atoms with Gasteiger partial charge in [0, 0.05) is 12.0 Å². The monoisotopic (exact) mass is 158 g/mol. The van der Waals surface area contributed by atoms with Gasteiger partial charge in [-0.2, -0.15) is 0 Å². The fourth-order valence-electron chi connectivity index (χ4n) is 1.94. The van der Waals surface area contributed by atoms with Crippen LogP contribution in [0.4, 0.5) is 0 Å². The van der Waals surface area contributed by atoms with Crippen LogP contribution in [0.2, 0.25) is 0 Å². The van der Waals surface area contributed by atoms with Gasteiger partial charge in [0.25, 0.3) is 0 Å². The minimum Gasteiger partial charge on any atom is -0.394 e. The molecule has 1 spiro atoms. The number of hydrogen-bond donors (Lipinski definition) is 1. The van der Waals surface area contributed by atoms with E-state index in [0.29, 0.717) is 0 Å². The largest absolute Gasteiger partial charge is 0.394 e. The van der Waals surface area contributed by atoms with Gasteiger partial charge < -0.3 is 14.6 Å². The summed E-state index contributed by atoms with van der Waals surface area (Å²) in [5.41, 5.74) is 0.257. The summed E-state index contributed by atoms with van der Waals surface area (Å²) in [5.74, 6) is 0. The van der Waals surface area contributed by atoms with E-state index in [1.54, 1.807) is 0 Å². The molecular weight excluding hydrogens is 144 g/mol. The average Bonchev–Trinajstić information content (AvgIpc) is 2.62. The smallest absolute Gasteiger partial charge is 0.0813 e. The van der Waals surface area contributed by atoms with Crippen LogP contribution in [0.15, 0.2) is 0 Å². The molecule has 2 aliphatic heterocycles. The van der Waals surface area contributed by atoms with Gasteiger partial charge in [-0.3, -0.25) is 0 Å². The van der Waals surface area contributed by atoms with Crippen molar-refractivity contribution in [2.24, 2.45) is 5.41 Å². The highest BCUT2D eigenvalue weighted by Crippen LogP contribution is 2.39. The molecule has 1 N–H and O–H groups in total. The normalized spacial score (nSPS) is 43.9. The van der Waals surface area contributed by atoms with Crippen LogP contribution in [0.25, 0.3) is 0 Å². The highest BCUT2D eigenvalue weighted by Gasteiger charge is 2.42. The van der Waals surface area contributed by atoms with Crippen LogP contribution in [0.5, 0.6) is 0 Å². The summed E-state index contributed by atoms with van der Waals surface area (Å²) in [7, 11) is 0. The molecule has 0 amide bonds. The number of rotatable bonds is 1. The number of ether oxygens (including phenoxy) is 2. The summed E-state index contributed by atoms with van der Waals surface area (Å²) in [4.78, 5) is 0. The van der Waals surface area contributed by atoms with Crippen LogP contribution >= 0.6 is 0 Å². The van der Waals surface area contributed by atoms with Gasteiger partial charge >= 0.3 is 0 Å². The van der Waals surface area contributed by atoms with Crippen molar-refractivity contribution in [3.05, 3.63) is 0 Å². The van der Waals surface area contributed by atoms with Gasteiger partial charge in [0.15, 0.2) is 0 Å². The summed E-state index contributed by atoms with van der Waals surface area (Å²) < 4.78 is 10.7. The molecule has 64 valence electrons. The first-order chi connectivity index (χ1) is 5.35. The van der Waals surface area contributed by atoms with Crippen molar-refractivity contribution in [3.63, 3.8) is 0 Å². The third-order valence-electron chi connectivity index (χ3n) is 2.67. The van der Waals surface area contributed by atoms with Gasteiger partial charge in [0.2, 0.25) is 0 Å². The molecule has 3 heteroatoms. The van der Waals surface area contributed by atoms with Crippen LogP contribution < -0.4 is 0 Å². The zero-order chi connectivity index (χ0) is 7.73. The second-order valence-corrected chi connectivity index (χ2v) is 3.62. The number of aliphatic hydroxyl groups excluding tert-OH is 1. The SMILES string of the molecule is OCC1CC2(CCOC2)CO1. The Morgan fingerprint density at radius 3 is 2.91 bits per heavy atom. The van der Waals surface area contributed by atoms with Crippen molar-refractivity contribution < 1.29 is 14.6 Å². The standard InChI is InChI=1S/C8H14O3/c9-4-7-3-8(6-11-7)1-2-10-5-8/h7,9H,1-6H2. The van der Waals surface area contributed by atoms with Gasteiger partial charge in [0.05, 0.1) is 25.9 Å². The fraction of sp³-hybridized carbons (Fsp3) is 1.00. The molecule has 2 heterocycles. The zero-order valence-corrected chi connectivity index (χ0v) is 6.58. The Hall–Kier alpha value is -0.120. The zero-order valence-electron chi connectivity index (χ0n) is 6.58. The Kier molecular flexibility index (Phi) is 1.87. The summed E-state index contributed by atoms with van der Waals surface area (Å²) in [5, 5.41) is 8.84. The summed E-state index contributed by atoms with van der Waals surface area (Å²) in [6.45, 7) is 2.62. The molecule has 2 saturated heterocycles. The maximum atomic E-state index is 8.84. The molecule has 0 radical (unpaired) electrons. The predicted molar refractivity (Wildman–Crippen MR) is 39.3 cm³/mol. The average molecular weight is 158 g/mol. The Labute approximate surface area is 66.3 Å². The predicted octanol–water partition coefficient (Wildman–Crippen LogP) is 0.174. The lowest BCUT2D eigenvalue weighted by molar-refractivity contribution is 0.0512. The molecule has 0 aromatic rings. The van der Waals surface area contributed by atoms with E-state index in [2.05, 4.69) is 0 Å². The highest BCUT2D eigenvalue weighted by atomic mass is 16.5. The molecule has 0 saturated carbocycles. The van der Waals surface area contributed by atoms with E-state index in [4.69, 9.17) is 14.6 Å². The van der Waals surface area contributed by atoms with Crippen LogP contribution in [0.3, 0.4) is 0 Å². The first-order valence-corrected chi connectivity index (χ1v) is 4.15. The molecule has 2 fully saturated rings. The van der Waals surface area contributed by atoms with Crippen LogP contribution in [0.1, 0.15) is 12.8 Å². The van der Waals surface area contributed by atoms with E-state index < -0.39 is 0 Å². The van der Waals surface area contributed by atoms with Gasteiger partial charge in [-0.1, -0.05) is 0 Å². The number of aliphatic hydroxyl groups is 1. The Morgan fingerprint density at radius 1 is 1.45 bits per heavy atom. The van der Waals surface area contributed by atoms with Crippen molar-refractivity contribution in [1.82, 2.24) is 0 Å². The third kappa shape index (κ3) is 1.28. The first-order valence-electron chi connectivity index (χ1n) is 4.15. The molecule has 0 aromatic heterocycles. The van der Waals surface area contributed by atoms with E-state index in [1.807, 2.05) is 0 Å². The molecule has 2 rings (SSSR count). The molecular formula is C8H14O3. The fourth-order valence-corrected chi connectivity index (χ4v) is 1.94. The summed E-state index contributed by atoms with van der Waals surface area (Å²) in [6.07, 6.45) is 2.14. The lowest BCUT2D eigenvalue weighted by atomic mass is 9.85. The van der Waals surface area contributed by atoms with Gasteiger partial charge in [0.1, 0.15) is 0 Å². The molecule has 11 heavy (non-hydrogen) atoms. The first kappa shape index (κ1) is 7.53. The van der Waals surface area contributed by atoms with E-state index in [1.165, 1.54) is 0 Å². The maximum absolute atomic E-state index is 8.84. The van der Waals surface area contributed by atoms with Crippen molar-refractivity contribution in [3.8, 4) is 0 Å². The summed E-state index contributed by atoms with van der Waals surface area (Å²) in [6, 6.07) is 0. The van der Waals surface area contributed by atoms with Crippen LogP contribution in [0, 0.1) is 5.41 Å². The summed E-state index contributed by atoms with van der Waals surface area (Å²) >= 11 is 0. The van der Waals surface area contributed by atoms with Crippen LogP contribution in [-0.2, 0) is 9.47 Å². The topological polar surface area (TPSA) is 38.7 Å². The van der Waals surface area contributed by atoms with E-state index in [-0.39, 0.29) is 18.1 Å². The molecule has 2 unspecified atom stereocenters. The lowest BCUT2D eigenvalue weighted by Gasteiger charge is -2.17. The van der Waals surface area contributed by atoms with E-state index in [9.17, 15) is 0 Å². The van der Waals surface area contributed by atoms with Crippen molar-refractivity contribution in [1.29, 1.82) is 0 Å². The highest BCUT2D eigenvalue weighted by molar-refractivity contribution is 4.90. The van der Waals surface area contributed by atoms with E-state index in [0.717, 1.165) is 32.7 Å². The molecule has 3 nitrogen and oxygen atoms in total. The van der Waals surface area contributed by atoms with Gasteiger partial charge in [-0.25, -0.2) is 0 Å². The second kappa shape index (κ2) is 2.73. The van der Waals surface area contributed by atoms with E-state index >= 15 is 0 Å². The molecule has 2 atom stereocenters. The maximum Gasteiger partial charge on any atom is 0.0813 e. The quantitative estimate of drug-likeness (QED) is 0.591. The number of hydrogen-bond acceptors (Lipinski definition) is 3. The van der Waals surface area contributed by atoms with Crippen LogP contribution in [-0.4, -0.2) is 37.6 Å². The minimum absolute atomic E-state index is 0.0664. The molecule has 0 aromatic carbocycles. The Bertz CT molecular complexity index is 140. The lowest BCUT2D eigenvalue weighted by Crippen LogP contribution is -2.21. The van der Waals surface area contributed by atoms with Gasteiger partial charge in [-0.05, 0) is 12.8 Å². The van der Waals surface area contributed by atoms with Crippen molar-refractivity contribution in [2.75, 3.05) is 26.4 Å². The molecule has 2 aliphatic rings. The molecule has 0 bridgehead atoms. The minimum atomic E-state index is 0.0664. The Morgan fingerprint density at radius 2 is 2.36 bits per heavy atom. The molecule has 0 aliphatic carbocycles. The van der Waals surface area contributed by atoms with Gasteiger partial charge in [-0.15, -0.1) is 0 Å². The second-order valence-electron chi connectivity index (χ2n) is 3.62.